The van der Waals surface area contributed by atoms with Gasteiger partial charge in [0.1, 0.15) is 5.82 Å². The highest BCUT2D eigenvalue weighted by Crippen LogP contribution is 2.25. The number of fused-ring (bicyclic) bond motifs is 1. The Morgan fingerprint density at radius 3 is 2.59 bits per heavy atom. The van der Waals surface area contributed by atoms with E-state index < -0.39 is 11.8 Å². The van der Waals surface area contributed by atoms with Crippen LogP contribution in [-0.2, 0) is 11.3 Å². The standard InChI is InChI=1S/C13H11FO3/c1-17-7-8-6-11(13(15)16)9-4-2-3-5-10(9)12(8)14/h2-6H,7H2,1H3,(H,15,16). The Morgan fingerprint density at radius 1 is 1.35 bits per heavy atom. The lowest BCUT2D eigenvalue weighted by molar-refractivity contribution is 0.0698. The number of hydrogen-bond acceptors (Lipinski definition) is 2. The quantitative estimate of drug-likeness (QED) is 0.888. The smallest absolute Gasteiger partial charge is 0.336 e. The van der Waals surface area contributed by atoms with Gasteiger partial charge in [-0.15, -0.1) is 0 Å². The third kappa shape index (κ3) is 1.99. The zero-order valence-electron chi connectivity index (χ0n) is 9.24. The van der Waals surface area contributed by atoms with Crippen LogP contribution < -0.4 is 0 Å². The van der Waals surface area contributed by atoms with Crippen molar-refractivity contribution < 1.29 is 19.0 Å². The lowest BCUT2D eigenvalue weighted by Crippen LogP contribution is -2.03. The second-order valence-corrected chi connectivity index (χ2v) is 3.68. The van der Waals surface area contributed by atoms with E-state index >= 15 is 0 Å². The molecule has 0 bridgehead atoms. The van der Waals surface area contributed by atoms with E-state index in [9.17, 15) is 9.18 Å². The number of carboxylic acid groups (broad SMARTS) is 1. The second kappa shape index (κ2) is 4.51. The van der Waals surface area contributed by atoms with Crippen molar-refractivity contribution in [1.29, 1.82) is 0 Å². The molecule has 0 aliphatic rings. The fourth-order valence-electron chi connectivity index (χ4n) is 1.84. The summed E-state index contributed by atoms with van der Waals surface area (Å²) in [6.07, 6.45) is 0. The molecule has 2 aromatic carbocycles. The van der Waals surface area contributed by atoms with E-state index in [-0.39, 0.29) is 17.7 Å². The number of carbonyl (C=O) groups is 1. The van der Waals surface area contributed by atoms with Crippen molar-refractivity contribution in [3.05, 3.63) is 47.3 Å². The van der Waals surface area contributed by atoms with Gasteiger partial charge in [-0.05, 0) is 11.5 Å². The molecule has 0 aromatic heterocycles. The predicted octanol–water partition coefficient (Wildman–Crippen LogP) is 2.82. The fourth-order valence-corrected chi connectivity index (χ4v) is 1.84. The summed E-state index contributed by atoms with van der Waals surface area (Å²) in [7, 11) is 1.44. The van der Waals surface area contributed by atoms with Gasteiger partial charge in [0.2, 0.25) is 0 Å². The van der Waals surface area contributed by atoms with E-state index in [2.05, 4.69) is 0 Å². The third-order valence-electron chi connectivity index (χ3n) is 2.58. The average molecular weight is 234 g/mol. The molecule has 4 heteroatoms. The van der Waals surface area contributed by atoms with Gasteiger partial charge in [0, 0.05) is 18.1 Å². The molecule has 1 N–H and O–H groups in total. The van der Waals surface area contributed by atoms with Gasteiger partial charge >= 0.3 is 5.97 Å². The second-order valence-electron chi connectivity index (χ2n) is 3.68. The molecule has 2 rings (SSSR count). The minimum absolute atomic E-state index is 0.0525. The first-order valence-corrected chi connectivity index (χ1v) is 5.07. The molecular formula is C13H11FO3. The highest BCUT2D eigenvalue weighted by Gasteiger charge is 2.15. The van der Waals surface area contributed by atoms with Gasteiger partial charge in [0.25, 0.3) is 0 Å². The van der Waals surface area contributed by atoms with Crippen molar-refractivity contribution >= 4 is 16.7 Å². The zero-order valence-corrected chi connectivity index (χ0v) is 9.24. The van der Waals surface area contributed by atoms with Gasteiger partial charge in [0.05, 0.1) is 12.2 Å². The zero-order chi connectivity index (χ0) is 12.4. The summed E-state index contributed by atoms with van der Waals surface area (Å²) in [5, 5.41) is 9.81. The van der Waals surface area contributed by atoms with Crippen LogP contribution in [0.15, 0.2) is 30.3 Å². The van der Waals surface area contributed by atoms with Crippen LogP contribution in [0.3, 0.4) is 0 Å². The maximum absolute atomic E-state index is 14.0. The molecule has 2 aromatic rings. The Balaban J connectivity index is 2.79. The van der Waals surface area contributed by atoms with Crippen LogP contribution in [0.25, 0.3) is 10.8 Å². The van der Waals surface area contributed by atoms with Crippen LogP contribution in [0, 0.1) is 5.82 Å². The van der Waals surface area contributed by atoms with E-state index in [4.69, 9.17) is 9.84 Å². The number of carboxylic acids is 1. The molecule has 0 spiro atoms. The van der Waals surface area contributed by atoms with Gasteiger partial charge in [-0.2, -0.15) is 0 Å². The summed E-state index contributed by atoms with van der Waals surface area (Å²) in [4.78, 5) is 11.1. The maximum Gasteiger partial charge on any atom is 0.336 e. The minimum atomic E-state index is -1.07. The van der Waals surface area contributed by atoms with Crippen molar-refractivity contribution in [2.75, 3.05) is 7.11 Å². The molecule has 0 saturated heterocycles. The van der Waals surface area contributed by atoms with Gasteiger partial charge in [-0.25, -0.2) is 9.18 Å². The van der Waals surface area contributed by atoms with Crippen molar-refractivity contribution in [2.24, 2.45) is 0 Å². The maximum atomic E-state index is 14.0. The largest absolute Gasteiger partial charge is 0.478 e. The van der Waals surface area contributed by atoms with Crippen molar-refractivity contribution in [2.45, 2.75) is 6.61 Å². The molecule has 0 atom stereocenters. The summed E-state index contributed by atoms with van der Waals surface area (Å²) in [6, 6.07) is 7.84. The van der Waals surface area contributed by atoms with Gasteiger partial charge in [0.15, 0.2) is 0 Å². The van der Waals surface area contributed by atoms with Gasteiger partial charge < -0.3 is 9.84 Å². The lowest BCUT2D eigenvalue weighted by Gasteiger charge is -2.09. The molecule has 0 heterocycles. The molecule has 0 unspecified atom stereocenters. The molecule has 88 valence electrons. The molecule has 3 nitrogen and oxygen atoms in total. The summed E-state index contributed by atoms with van der Waals surface area (Å²) in [6.45, 7) is 0.0525. The molecule has 0 aliphatic carbocycles. The predicted molar refractivity (Wildman–Crippen MR) is 61.6 cm³/mol. The number of halogens is 1. The SMILES string of the molecule is COCc1cc(C(=O)O)c2ccccc2c1F. The third-order valence-corrected chi connectivity index (χ3v) is 2.58. The highest BCUT2D eigenvalue weighted by atomic mass is 19.1. The Morgan fingerprint density at radius 2 is 2.00 bits per heavy atom. The van der Waals surface area contributed by atoms with Crippen LogP contribution >= 0.6 is 0 Å². The van der Waals surface area contributed by atoms with E-state index in [0.717, 1.165) is 0 Å². The minimum Gasteiger partial charge on any atom is -0.478 e. The van der Waals surface area contributed by atoms with Crippen molar-refractivity contribution in [3.63, 3.8) is 0 Å². The first-order chi connectivity index (χ1) is 8.15. The Bertz CT molecular complexity index is 578. The van der Waals surface area contributed by atoms with Crippen LogP contribution in [0.1, 0.15) is 15.9 Å². The first kappa shape index (κ1) is 11.5. The normalized spacial score (nSPS) is 10.7. The Hall–Kier alpha value is -1.94. The topological polar surface area (TPSA) is 46.5 Å². The molecule has 0 amide bonds. The Kier molecular flexibility index (Phi) is 3.06. The first-order valence-electron chi connectivity index (χ1n) is 5.07. The Labute approximate surface area is 97.4 Å². The number of aromatic carboxylic acids is 1. The summed E-state index contributed by atoms with van der Waals surface area (Å²) in [5.74, 6) is -1.49. The molecule has 0 aliphatic heterocycles. The van der Waals surface area contributed by atoms with Crippen molar-refractivity contribution in [3.8, 4) is 0 Å². The van der Waals surface area contributed by atoms with Crippen LogP contribution in [-0.4, -0.2) is 18.2 Å². The summed E-state index contributed by atoms with van der Waals surface area (Å²) < 4.78 is 18.9. The van der Waals surface area contributed by atoms with E-state index in [0.29, 0.717) is 10.8 Å². The van der Waals surface area contributed by atoms with E-state index in [1.165, 1.54) is 13.2 Å². The number of ether oxygens (including phenoxy) is 1. The molecule has 17 heavy (non-hydrogen) atoms. The monoisotopic (exact) mass is 234 g/mol. The number of hydrogen-bond donors (Lipinski definition) is 1. The van der Waals surface area contributed by atoms with Crippen LogP contribution in [0.2, 0.25) is 0 Å². The van der Waals surface area contributed by atoms with Crippen LogP contribution in [0.4, 0.5) is 4.39 Å². The fraction of sp³-hybridized carbons (Fsp3) is 0.154. The summed E-state index contributed by atoms with van der Waals surface area (Å²) in [5.41, 5.74) is 0.345. The summed E-state index contributed by atoms with van der Waals surface area (Å²) >= 11 is 0. The number of rotatable bonds is 3. The van der Waals surface area contributed by atoms with Crippen LogP contribution in [0.5, 0.6) is 0 Å². The lowest BCUT2D eigenvalue weighted by atomic mass is 10.0. The van der Waals surface area contributed by atoms with Gasteiger partial charge in [-0.3, -0.25) is 0 Å². The number of benzene rings is 2. The van der Waals surface area contributed by atoms with Gasteiger partial charge in [-0.1, -0.05) is 24.3 Å². The molecule has 0 saturated carbocycles. The number of methoxy groups -OCH3 is 1. The molecule has 0 radical (unpaired) electrons. The average Bonchev–Trinajstić information content (AvgIpc) is 2.32. The van der Waals surface area contributed by atoms with E-state index in [1.807, 2.05) is 0 Å². The highest BCUT2D eigenvalue weighted by molar-refractivity contribution is 6.04. The molecular weight excluding hydrogens is 223 g/mol. The van der Waals surface area contributed by atoms with E-state index in [1.54, 1.807) is 24.3 Å². The molecule has 0 fully saturated rings. The van der Waals surface area contributed by atoms with Crippen molar-refractivity contribution in [1.82, 2.24) is 0 Å².